The van der Waals surface area contributed by atoms with Crippen molar-refractivity contribution in [3.05, 3.63) is 101 Å². The van der Waals surface area contributed by atoms with Gasteiger partial charge in [0, 0.05) is 14.1 Å². The number of nitrogens with one attached hydrogen (secondary N) is 1. The molecular formula is C26H31N3O3S. The molecule has 0 spiro atoms. The SMILES string of the molecule is Cc1ccc(C)c(N(CC(=O)N[C@H](c2ccccc2)c2ccccc2C)S(=O)(=O)N(C)C)c1. The molecule has 0 heterocycles. The summed E-state index contributed by atoms with van der Waals surface area (Å²) in [6, 6.07) is 22.7. The van der Waals surface area contributed by atoms with E-state index in [-0.39, 0.29) is 6.54 Å². The first-order chi connectivity index (χ1) is 15.6. The molecule has 7 heteroatoms. The van der Waals surface area contributed by atoms with Crippen LogP contribution in [0.15, 0.2) is 72.8 Å². The molecule has 3 aromatic rings. The van der Waals surface area contributed by atoms with Gasteiger partial charge in [-0.3, -0.25) is 4.79 Å². The normalized spacial score (nSPS) is 12.4. The summed E-state index contributed by atoms with van der Waals surface area (Å²) >= 11 is 0. The van der Waals surface area contributed by atoms with Crippen molar-refractivity contribution in [1.29, 1.82) is 0 Å². The Morgan fingerprint density at radius 3 is 2.15 bits per heavy atom. The van der Waals surface area contributed by atoms with Crippen LogP contribution in [0.2, 0.25) is 0 Å². The highest BCUT2D eigenvalue weighted by Gasteiger charge is 2.29. The van der Waals surface area contributed by atoms with E-state index in [1.165, 1.54) is 18.4 Å². The summed E-state index contributed by atoms with van der Waals surface area (Å²) in [6.45, 7) is 5.40. The summed E-state index contributed by atoms with van der Waals surface area (Å²) in [7, 11) is -0.966. The molecule has 0 saturated carbocycles. The molecule has 3 rings (SSSR count). The third-order valence-electron chi connectivity index (χ3n) is 5.60. The van der Waals surface area contributed by atoms with E-state index < -0.39 is 22.2 Å². The standard InChI is InChI=1S/C26H31N3O3S/c1-19-15-16-21(3)24(17-19)29(33(31,32)28(4)5)18-25(30)27-26(22-12-7-6-8-13-22)23-14-10-9-11-20(23)2/h6-17,26H,18H2,1-5H3,(H,27,30)/t26-/m1/s1. The maximum atomic E-state index is 13.3. The molecule has 0 aliphatic rings. The lowest BCUT2D eigenvalue weighted by Crippen LogP contribution is -2.46. The highest BCUT2D eigenvalue weighted by atomic mass is 32.2. The summed E-state index contributed by atoms with van der Waals surface area (Å²) in [4.78, 5) is 13.3. The average Bonchev–Trinajstić information content (AvgIpc) is 2.78. The van der Waals surface area contributed by atoms with E-state index in [4.69, 9.17) is 0 Å². The topological polar surface area (TPSA) is 69.7 Å². The van der Waals surface area contributed by atoms with Gasteiger partial charge in [0.1, 0.15) is 6.54 Å². The molecular weight excluding hydrogens is 434 g/mol. The van der Waals surface area contributed by atoms with Gasteiger partial charge in [0.15, 0.2) is 0 Å². The molecule has 1 amide bonds. The first-order valence-electron chi connectivity index (χ1n) is 10.8. The summed E-state index contributed by atoms with van der Waals surface area (Å²) < 4.78 is 28.7. The molecule has 1 N–H and O–H groups in total. The highest BCUT2D eigenvalue weighted by Crippen LogP contribution is 2.27. The van der Waals surface area contributed by atoms with Gasteiger partial charge in [0.2, 0.25) is 5.91 Å². The van der Waals surface area contributed by atoms with Gasteiger partial charge in [-0.05, 0) is 54.7 Å². The number of hydrogen-bond acceptors (Lipinski definition) is 3. The minimum atomic E-state index is -3.89. The van der Waals surface area contributed by atoms with Crippen LogP contribution in [0.25, 0.3) is 0 Å². The summed E-state index contributed by atoms with van der Waals surface area (Å²) in [5.74, 6) is -0.390. The minimum absolute atomic E-state index is 0.333. The Morgan fingerprint density at radius 1 is 0.879 bits per heavy atom. The van der Waals surface area contributed by atoms with Gasteiger partial charge in [-0.2, -0.15) is 12.7 Å². The van der Waals surface area contributed by atoms with Gasteiger partial charge in [-0.25, -0.2) is 4.31 Å². The predicted octanol–water partition coefficient (Wildman–Crippen LogP) is 4.13. The Morgan fingerprint density at radius 2 is 1.52 bits per heavy atom. The maximum absolute atomic E-state index is 13.3. The van der Waals surface area contributed by atoms with Crippen molar-refractivity contribution >= 4 is 21.8 Å². The van der Waals surface area contributed by atoms with Crippen molar-refractivity contribution in [2.24, 2.45) is 0 Å². The zero-order valence-corrected chi connectivity index (χ0v) is 20.6. The lowest BCUT2D eigenvalue weighted by molar-refractivity contribution is -0.120. The molecule has 174 valence electrons. The Balaban J connectivity index is 1.98. The number of hydrogen-bond donors (Lipinski definition) is 1. The quantitative estimate of drug-likeness (QED) is 0.544. The summed E-state index contributed by atoms with van der Waals surface area (Å²) in [5.41, 5.74) is 5.11. The fourth-order valence-corrected chi connectivity index (χ4v) is 4.83. The fraction of sp³-hybridized carbons (Fsp3) is 0.269. The van der Waals surface area contributed by atoms with Crippen molar-refractivity contribution < 1.29 is 13.2 Å². The Bertz CT molecular complexity index is 1220. The number of amides is 1. The molecule has 0 bridgehead atoms. The molecule has 0 fully saturated rings. The number of anilines is 1. The molecule has 6 nitrogen and oxygen atoms in total. The Kier molecular flexibility index (Phi) is 7.56. The predicted molar refractivity (Wildman–Crippen MR) is 133 cm³/mol. The Labute approximate surface area is 197 Å². The number of nitrogens with zero attached hydrogens (tertiary/aromatic N) is 2. The second-order valence-electron chi connectivity index (χ2n) is 8.35. The van der Waals surface area contributed by atoms with E-state index in [9.17, 15) is 13.2 Å². The summed E-state index contributed by atoms with van der Waals surface area (Å²) in [6.07, 6.45) is 0. The van der Waals surface area contributed by atoms with Crippen LogP contribution in [0.5, 0.6) is 0 Å². The number of carbonyl (C=O) groups is 1. The molecule has 0 aliphatic carbocycles. The molecule has 0 aromatic heterocycles. The van der Waals surface area contributed by atoms with E-state index in [2.05, 4.69) is 5.32 Å². The van der Waals surface area contributed by atoms with E-state index in [0.29, 0.717) is 5.69 Å². The van der Waals surface area contributed by atoms with E-state index in [1.54, 1.807) is 6.07 Å². The van der Waals surface area contributed by atoms with Gasteiger partial charge in [0.05, 0.1) is 11.7 Å². The third-order valence-corrected chi connectivity index (χ3v) is 7.40. The number of carbonyl (C=O) groups excluding carboxylic acids is 1. The van der Waals surface area contributed by atoms with Crippen LogP contribution in [0.4, 0.5) is 5.69 Å². The number of aryl methyl sites for hydroxylation is 3. The zero-order chi connectivity index (χ0) is 24.2. The van der Waals surface area contributed by atoms with E-state index in [0.717, 1.165) is 32.1 Å². The van der Waals surface area contributed by atoms with Crippen molar-refractivity contribution in [3.8, 4) is 0 Å². The Hall–Kier alpha value is -3.16. The largest absolute Gasteiger partial charge is 0.344 e. The number of rotatable bonds is 8. The molecule has 0 radical (unpaired) electrons. The molecule has 0 aliphatic heterocycles. The molecule has 3 aromatic carbocycles. The molecule has 33 heavy (non-hydrogen) atoms. The van der Waals surface area contributed by atoms with E-state index >= 15 is 0 Å². The monoisotopic (exact) mass is 465 g/mol. The van der Waals surface area contributed by atoms with Crippen molar-refractivity contribution in [2.45, 2.75) is 26.8 Å². The zero-order valence-electron chi connectivity index (χ0n) is 19.7. The molecule has 0 unspecified atom stereocenters. The third kappa shape index (κ3) is 5.61. The second kappa shape index (κ2) is 10.2. The van der Waals surface area contributed by atoms with Gasteiger partial charge in [0.25, 0.3) is 0 Å². The van der Waals surface area contributed by atoms with Crippen LogP contribution in [0, 0.1) is 20.8 Å². The lowest BCUT2D eigenvalue weighted by atomic mass is 9.95. The molecule has 0 saturated heterocycles. The van der Waals surface area contributed by atoms with Crippen molar-refractivity contribution in [2.75, 3.05) is 24.9 Å². The second-order valence-corrected chi connectivity index (χ2v) is 10.4. The first-order valence-corrected chi connectivity index (χ1v) is 12.2. The van der Waals surface area contributed by atoms with Crippen molar-refractivity contribution in [3.63, 3.8) is 0 Å². The maximum Gasteiger partial charge on any atom is 0.304 e. The van der Waals surface area contributed by atoms with E-state index in [1.807, 2.05) is 87.5 Å². The first kappa shape index (κ1) is 24.5. The van der Waals surface area contributed by atoms with Gasteiger partial charge in [-0.1, -0.05) is 66.7 Å². The van der Waals surface area contributed by atoms with Gasteiger partial charge >= 0.3 is 10.2 Å². The average molecular weight is 466 g/mol. The van der Waals surface area contributed by atoms with Crippen LogP contribution in [-0.4, -0.2) is 39.3 Å². The van der Waals surface area contributed by atoms with Gasteiger partial charge in [-0.15, -0.1) is 0 Å². The molecule has 1 atom stereocenters. The van der Waals surface area contributed by atoms with Crippen molar-refractivity contribution in [1.82, 2.24) is 9.62 Å². The van der Waals surface area contributed by atoms with Crippen LogP contribution in [0.1, 0.15) is 33.9 Å². The van der Waals surface area contributed by atoms with Crippen LogP contribution < -0.4 is 9.62 Å². The lowest BCUT2D eigenvalue weighted by Gasteiger charge is -2.29. The smallest absolute Gasteiger partial charge is 0.304 e. The highest BCUT2D eigenvalue weighted by molar-refractivity contribution is 7.90. The number of benzene rings is 3. The van der Waals surface area contributed by atoms with Crippen LogP contribution in [0.3, 0.4) is 0 Å². The van der Waals surface area contributed by atoms with Crippen LogP contribution in [-0.2, 0) is 15.0 Å². The fourth-order valence-electron chi connectivity index (χ4n) is 3.71. The van der Waals surface area contributed by atoms with Gasteiger partial charge < -0.3 is 5.32 Å². The minimum Gasteiger partial charge on any atom is -0.344 e. The van der Waals surface area contributed by atoms with Crippen LogP contribution >= 0.6 is 0 Å². The summed E-state index contributed by atoms with van der Waals surface area (Å²) in [5, 5.41) is 3.07.